The average molecular weight is 463 g/mol. The maximum atomic E-state index is 13.2. The Balaban J connectivity index is 1.80. The first kappa shape index (κ1) is 24.4. The molecule has 0 saturated carbocycles. The summed E-state index contributed by atoms with van der Waals surface area (Å²) in [6, 6.07) is 9.13. The number of hydrogen-bond donors (Lipinski definition) is 0. The van der Waals surface area contributed by atoms with Gasteiger partial charge in [0, 0.05) is 39.6 Å². The number of benzene rings is 1. The molecule has 1 aromatic carbocycles. The highest BCUT2D eigenvalue weighted by molar-refractivity contribution is 7.90. The Kier molecular flexibility index (Phi) is 8.44. The Bertz CT molecular complexity index is 983. The van der Waals surface area contributed by atoms with Crippen molar-refractivity contribution in [2.75, 3.05) is 39.4 Å². The first-order valence-electron chi connectivity index (χ1n) is 11.1. The zero-order valence-electron chi connectivity index (χ0n) is 19.2. The summed E-state index contributed by atoms with van der Waals surface area (Å²) in [4.78, 5) is 20.7. The van der Waals surface area contributed by atoms with E-state index in [9.17, 15) is 13.2 Å². The molecular weight excluding hydrogens is 428 g/mol. The first-order valence-corrected chi connectivity index (χ1v) is 12.8. The van der Waals surface area contributed by atoms with Gasteiger partial charge in [0.05, 0.1) is 37.4 Å². The van der Waals surface area contributed by atoms with E-state index in [0.29, 0.717) is 32.8 Å². The molecule has 0 unspecified atom stereocenters. The van der Waals surface area contributed by atoms with Crippen LogP contribution in [0.3, 0.4) is 0 Å². The standard InChI is InChI=1S/C23H34N4O4S/c1-19(2)16-27-22(17-26(20(3)28)10-9-25-11-13-31-14-12-25)15-24-23(27)32(29,30)18-21-7-5-4-6-8-21/h4-8,15,19H,9-14,16-18H2,1-3H3. The summed E-state index contributed by atoms with van der Waals surface area (Å²) >= 11 is 0. The molecule has 0 atom stereocenters. The molecule has 1 aliphatic rings. The second kappa shape index (κ2) is 11.1. The van der Waals surface area contributed by atoms with Crippen molar-refractivity contribution in [3.8, 4) is 0 Å². The number of rotatable bonds is 10. The topological polar surface area (TPSA) is 84.7 Å². The Labute approximate surface area is 191 Å². The zero-order chi connectivity index (χ0) is 23.1. The fourth-order valence-electron chi connectivity index (χ4n) is 3.82. The fourth-order valence-corrected chi connectivity index (χ4v) is 5.32. The molecule has 1 aliphatic heterocycles. The maximum absolute atomic E-state index is 13.2. The van der Waals surface area contributed by atoms with Gasteiger partial charge in [-0.05, 0) is 11.5 Å². The normalized spacial score (nSPS) is 15.2. The second-order valence-corrected chi connectivity index (χ2v) is 10.6. The number of sulfone groups is 1. The Morgan fingerprint density at radius 3 is 2.50 bits per heavy atom. The summed E-state index contributed by atoms with van der Waals surface area (Å²) in [5.74, 6) is 0.0903. The summed E-state index contributed by atoms with van der Waals surface area (Å²) in [6.45, 7) is 11.0. The molecule has 9 heteroatoms. The minimum atomic E-state index is -3.63. The van der Waals surface area contributed by atoms with E-state index in [2.05, 4.69) is 9.88 Å². The van der Waals surface area contributed by atoms with E-state index in [1.54, 1.807) is 34.7 Å². The number of aromatic nitrogens is 2. The largest absolute Gasteiger partial charge is 0.379 e. The second-order valence-electron chi connectivity index (χ2n) is 8.68. The number of carbonyl (C=O) groups is 1. The molecule has 0 aliphatic carbocycles. The van der Waals surface area contributed by atoms with Crippen LogP contribution >= 0.6 is 0 Å². The molecular formula is C23H34N4O4S. The molecule has 2 aromatic rings. The average Bonchev–Trinajstić information content (AvgIpc) is 3.14. The summed E-state index contributed by atoms with van der Waals surface area (Å²) in [7, 11) is -3.63. The molecule has 0 bridgehead atoms. The first-order chi connectivity index (χ1) is 15.3. The van der Waals surface area contributed by atoms with Gasteiger partial charge in [-0.15, -0.1) is 0 Å². The van der Waals surface area contributed by atoms with Crippen molar-refractivity contribution < 1.29 is 17.9 Å². The lowest BCUT2D eigenvalue weighted by molar-refractivity contribution is -0.129. The van der Waals surface area contributed by atoms with E-state index in [0.717, 1.165) is 30.9 Å². The van der Waals surface area contributed by atoms with Crippen molar-refractivity contribution in [1.82, 2.24) is 19.4 Å². The van der Waals surface area contributed by atoms with Gasteiger partial charge in [-0.25, -0.2) is 13.4 Å². The van der Waals surface area contributed by atoms with E-state index >= 15 is 0 Å². The third-order valence-corrected chi connectivity index (χ3v) is 7.11. The van der Waals surface area contributed by atoms with Gasteiger partial charge in [0.15, 0.2) is 0 Å². The maximum Gasteiger partial charge on any atom is 0.228 e. The van der Waals surface area contributed by atoms with Gasteiger partial charge >= 0.3 is 0 Å². The molecule has 1 amide bonds. The van der Waals surface area contributed by atoms with E-state index in [1.807, 2.05) is 32.0 Å². The van der Waals surface area contributed by atoms with Crippen molar-refractivity contribution in [3.05, 3.63) is 47.8 Å². The SMILES string of the molecule is CC(=O)N(CCN1CCOCC1)Cc1cnc(S(=O)(=O)Cc2ccccc2)n1CC(C)C. The van der Waals surface area contributed by atoms with Crippen molar-refractivity contribution in [3.63, 3.8) is 0 Å². The monoisotopic (exact) mass is 462 g/mol. The predicted molar refractivity (Wildman–Crippen MR) is 123 cm³/mol. The van der Waals surface area contributed by atoms with Crippen LogP contribution < -0.4 is 0 Å². The Hall–Kier alpha value is -2.23. The van der Waals surface area contributed by atoms with Crippen LogP contribution in [0.5, 0.6) is 0 Å². The van der Waals surface area contributed by atoms with Crippen LogP contribution in [0, 0.1) is 5.92 Å². The third-order valence-electron chi connectivity index (χ3n) is 5.52. The summed E-state index contributed by atoms with van der Waals surface area (Å²) < 4.78 is 33.5. The van der Waals surface area contributed by atoms with Gasteiger partial charge in [0.2, 0.25) is 20.9 Å². The molecule has 1 aromatic heterocycles. The van der Waals surface area contributed by atoms with Crippen molar-refractivity contribution in [2.45, 2.75) is 44.8 Å². The highest BCUT2D eigenvalue weighted by atomic mass is 32.2. The molecule has 1 saturated heterocycles. The number of ether oxygens (including phenoxy) is 1. The van der Waals surface area contributed by atoms with Crippen LogP contribution in [0.25, 0.3) is 0 Å². The lowest BCUT2D eigenvalue weighted by Crippen LogP contribution is -2.42. The van der Waals surface area contributed by atoms with Crippen LogP contribution in [-0.2, 0) is 38.2 Å². The van der Waals surface area contributed by atoms with Crippen molar-refractivity contribution in [2.24, 2.45) is 5.92 Å². The number of imidazole rings is 1. The van der Waals surface area contributed by atoms with Crippen LogP contribution in [0.15, 0.2) is 41.7 Å². The third kappa shape index (κ3) is 6.63. The van der Waals surface area contributed by atoms with Crippen LogP contribution in [-0.4, -0.2) is 73.1 Å². The van der Waals surface area contributed by atoms with Crippen LogP contribution in [0.1, 0.15) is 32.0 Å². The highest BCUT2D eigenvalue weighted by Crippen LogP contribution is 2.20. The number of amides is 1. The van der Waals surface area contributed by atoms with Gasteiger partial charge in [-0.1, -0.05) is 44.2 Å². The van der Waals surface area contributed by atoms with Crippen LogP contribution in [0.2, 0.25) is 0 Å². The number of morpholine rings is 1. The van der Waals surface area contributed by atoms with Crippen molar-refractivity contribution in [1.29, 1.82) is 0 Å². The molecule has 32 heavy (non-hydrogen) atoms. The Morgan fingerprint density at radius 2 is 1.88 bits per heavy atom. The zero-order valence-corrected chi connectivity index (χ0v) is 20.1. The highest BCUT2D eigenvalue weighted by Gasteiger charge is 2.25. The van der Waals surface area contributed by atoms with Gasteiger partial charge in [0.25, 0.3) is 0 Å². The quantitative estimate of drug-likeness (QED) is 0.538. The Morgan fingerprint density at radius 1 is 1.19 bits per heavy atom. The minimum absolute atomic E-state index is 0.0377. The smallest absolute Gasteiger partial charge is 0.228 e. The lowest BCUT2D eigenvalue weighted by Gasteiger charge is -2.30. The minimum Gasteiger partial charge on any atom is -0.379 e. The lowest BCUT2D eigenvalue weighted by atomic mass is 10.2. The molecule has 176 valence electrons. The molecule has 0 spiro atoms. The number of carbonyl (C=O) groups excluding carboxylic acids is 1. The van der Waals surface area contributed by atoms with E-state index < -0.39 is 9.84 Å². The van der Waals surface area contributed by atoms with Gasteiger partial charge in [-0.2, -0.15) is 0 Å². The van der Waals surface area contributed by atoms with Crippen molar-refractivity contribution >= 4 is 15.7 Å². The number of hydrogen-bond acceptors (Lipinski definition) is 6. The molecule has 1 fully saturated rings. The summed E-state index contributed by atoms with van der Waals surface area (Å²) in [6.07, 6.45) is 1.60. The summed E-state index contributed by atoms with van der Waals surface area (Å²) in [5, 5.41) is 0.0711. The molecule has 8 nitrogen and oxygen atoms in total. The van der Waals surface area contributed by atoms with Gasteiger partial charge in [0.1, 0.15) is 0 Å². The molecule has 2 heterocycles. The van der Waals surface area contributed by atoms with Gasteiger partial charge in [-0.3, -0.25) is 9.69 Å². The fraction of sp³-hybridized carbons (Fsp3) is 0.565. The number of nitrogens with zero attached hydrogens (tertiary/aromatic N) is 4. The molecule has 0 radical (unpaired) electrons. The van der Waals surface area contributed by atoms with Gasteiger partial charge < -0.3 is 14.2 Å². The molecule has 3 rings (SSSR count). The van der Waals surface area contributed by atoms with E-state index in [4.69, 9.17) is 4.74 Å². The summed E-state index contributed by atoms with van der Waals surface area (Å²) in [5.41, 5.74) is 1.46. The van der Waals surface area contributed by atoms with Crippen LogP contribution in [0.4, 0.5) is 0 Å². The predicted octanol–water partition coefficient (Wildman–Crippen LogP) is 2.19. The van der Waals surface area contributed by atoms with E-state index in [1.165, 1.54) is 0 Å². The van der Waals surface area contributed by atoms with E-state index in [-0.39, 0.29) is 22.7 Å². The molecule has 0 N–H and O–H groups in total.